The van der Waals surface area contributed by atoms with Gasteiger partial charge in [-0.05, 0) is 42.2 Å². The van der Waals surface area contributed by atoms with E-state index in [1.165, 1.54) is 0 Å². The summed E-state index contributed by atoms with van der Waals surface area (Å²) in [5.74, 6) is 0.623. The van der Waals surface area contributed by atoms with Crippen LogP contribution in [0, 0.1) is 0 Å². The van der Waals surface area contributed by atoms with E-state index in [2.05, 4.69) is 24.5 Å². The van der Waals surface area contributed by atoms with Gasteiger partial charge in [-0.2, -0.15) is 0 Å². The second-order valence-electron chi connectivity index (χ2n) is 5.84. The first-order valence-electron chi connectivity index (χ1n) is 8.38. The fraction of sp³-hybridized carbons (Fsp3) is 0.300. The monoisotopic (exact) mass is 340 g/mol. The van der Waals surface area contributed by atoms with Crippen LogP contribution < -0.4 is 15.4 Å². The van der Waals surface area contributed by atoms with Crippen LogP contribution in [-0.2, 0) is 4.79 Å². The summed E-state index contributed by atoms with van der Waals surface area (Å²) in [4.78, 5) is 23.8. The lowest BCUT2D eigenvalue weighted by Crippen LogP contribution is -2.21. The number of rotatable bonds is 7. The standard InChI is InChI=1S/C20H24N2O3/c1-4-14(2)17-10-5-6-11-18(17)25-13-19(23)22-16-9-7-8-15(12-16)20(24)21-3/h5-12,14H,4,13H2,1-3H3,(H,21,24)(H,22,23). The van der Waals surface area contributed by atoms with Gasteiger partial charge in [0.25, 0.3) is 11.8 Å². The Labute approximate surface area is 148 Å². The molecule has 0 saturated carbocycles. The van der Waals surface area contributed by atoms with Crippen LogP contribution >= 0.6 is 0 Å². The maximum atomic E-state index is 12.2. The Balaban J connectivity index is 1.99. The van der Waals surface area contributed by atoms with Crippen molar-refractivity contribution >= 4 is 17.5 Å². The predicted molar refractivity (Wildman–Crippen MR) is 99.1 cm³/mol. The van der Waals surface area contributed by atoms with Crippen LogP contribution in [0.5, 0.6) is 5.75 Å². The number of para-hydroxylation sites is 1. The van der Waals surface area contributed by atoms with Crippen LogP contribution in [0.4, 0.5) is 5.69 Å². The van der Waals surface area contributed by atoms with Crippen molar-refractivity contribution in [1.82, 2.24) is 5.32 Å². The van der Waals surface area contributed by atoms with Gasteiger partial charge in [-0.15, -0.1) is 0 Å². The quantitative estimate of drug-likeness (QED) is 0.809. The topological polar surface area (TPSA) is 67.4 Å². The minimum Gasteiger partial charge on any atom is -0.483 e. The first kappa shape index (κ1) is 18.5. The SMILES string of the molecule is CCC(C)c1ccccc1OCC(=O)Nc1cccc(C(=O)NC)c1. The summed E-state index contributed by atoms with van der Waals surface area (Å²) in [6.45, 7) is 4.16. The molecule has 0 aliphatic heterocycles. The van der Waals surface area contributed by atoms with E-state index in [1.54, 1.807) is 31.3 Å². The molecule has 5 heteroatoms. The Bertz CT molecular complexity index is 743. The minimum absolute atomic E-state index is 0.0857. The third kappa shape index (κ3) is 5.08. The molecule has 0 aliphatic rings. The zero-order valence-corrected chi connectivity index (χ0v) is 14.8. The number of carbonyl (C=O) groups is 2. The smallest absolute Gasteiger partial charge is 0.262 e. The third-order valence-corrected chi connectivity index (χ3v) is 4.06. The van der Waals surface area contributed by atoms with Gasteiger partial charge in [-0.25, -0.2) is 0 Å². The number of nitrogens with one attached hydrogen (secondary N) is 2. The molecular formula is C20H24N2O3. The second kappa shape index (κ2) is 8.87. The maximum Gasteiger partial charge on any atom is 0.262 e. The lowest BCUT2D eigenvalue weighted by molar-refractivity contribution is -0.118. The van der Waals surface area contributed by atoms with Gasteiger partial charge in [-0.1, -0.05) is 38.1 Å². The number of hydrogen-bond donors (Lipinski definition) is 2. The summed E-state index contributed by atoms with van der Waals surface area (Å²) in [6, 6.07) is 14.5. The molecule has 0 aliphatic carbocycles. The number of anilines is 1. The zero-order valence-electron chi connectivity index (χ0n) is 14.8. The molecule has 2 amide bonds. The van der Waals surface area contributed by atoms with E-state index in [0.717, 1.165) is 17.7 Å². The number of carbonyl (C=O) groups excluding carboxylic acids is 2. The normalized spacial score (nSPS) is 11.5. The van der Waals surface area contributed by atoms with E-state index in [4.69, 9.17) is 4.74 Å². The summed E-state index contributed by atoms with van der Waals surface area (Å²) in [5, 5.41) is 5.30. The summed E-state index contributed by atoms with van der Waals surface area (Å²) in [7, 11) is 1.57. The average Bonchev–Trinajstić information content (AvgIpc) is 2.65. The van der Waals surface area contributed by atoms with Crippen molar-refractivity contribution in [2.24, 2.45) is 0 Å². The lowest BCUT2D eigenvalue weighted by atomic mass is 9.98. The van der Waals surface area contributed by atoms with Gasteiger partial charge in [0.2, 0.25) is 0 Å². The Hall–Kier alpha value is -2.82. The van der Waals surface area contributed by atoms with Crippen LogP contribution in [0.2, 0.25) is 0 Å². The molecule has 5 nitrogen and oxygen atoms in total. The number of amides is 2. The van der Waals surface area contributed by atoms with Crippen LogP contribution in [-0.4, -0.2) is 25.5 Å². The Morgan fingerprint density at radius 3 is 2.60 bits per heavy atom. The minimum atomic E-state index is -0.270. The fourth-order valence-electron chi connectivity index (χ4n) is 2.46. The van der Waals surface area contributed by atoms with Gasteiger partial charge in [0, 0.05) is 18.3 Å². The summed E-state index contributed by atoms with van der Waals surface area (Å²) < 4.78 is 5.70. The Morgan fingerprint density at radius 2 is 1.88 bits per heavy atom. The van der Waals surface area contributed by atoms with Crippen molar-refractivity contribution in [2.45, 2.75) is 26.2 Å². The first-order valence-corrected chi connectivity index (χ1v) is 8.38. The Kier molecular flexibility index (Phi) is 6.57. The van der Waals surface area contributed by atoms with Gasteiger partial charge < -0.3 is 15.4 Å². The molecule has 0 saturated heterocycles. The second-order valence-corrected chi connectivity index (χ2v) is 5.84. The van der Waals surface area contributed by atoms with Crippen LogP contribution in [0.3, 0.4) is 0 Å². The van der Waals surface area contributed by atoms with Crippen molar-refractivity contribution < 1.29 is 14.3 Å². The first-order chi connectivity index (χ1) is 12.0. The highest BCUT2D eigenvalue weighted by atomic mass is 16.5. The molecule has 2 aromatic carbocycles. The van der Waals surface area contributed by atoms with E-state index in [0.29, 0.717) is 17.2 Å². The maximum absolute atomic E-state index is 12.2. The van der Waals surface area contributed by atoms with Crippen LogP contribution in [0.25, 0.3) is 0 Å². The molecule has 0 fully saturated rings. The molecule has 0 radical (unpaired) electrons. The van der Waals surface area contributed by atoms with Crippen molar-refractivity contribution in [3.63, 3.8) is 0 Å². The number of ether oxygens (including phenoxy) is 1. The number of benzene rings is 2. The van der Waals surface area contributed by atoms with Crippen molar-refractivity contribution in [3.8, 4) is 5.75 Å². The summed E-state index contributed by atoms with van der Waals surface area (Å²) in [5.41, 5.74) is 2.15. The van der Waals surface area contributed by atoms with Crippen molar-refractivity contribution in [1.29, 1.82) is 0 Å². The van der Waals surface area contributed by atoms with E-state index in [9.17, 15) is 9.59 Å². The molecule has 2 N–H and O–H groups in total. The summed E-state index contributed by atoms with van der Waals surface area (Å²) >= 11 is 0. The lowest BCUT2D eigenvalue weighted by Gasteiger charge is -2.15. The van der Waals surface area contributed by atoms with E-state index in [1.807, 2.05) is 24.3 Å². The van der Waals surface area contributed by atoms with Gasteiger partial charge in [0.05, 0.1) is 0 Å². The highest BCUT2D eigenvalue weighted by molar-refractivity contribution is 5.97. The molecule has 2 aromatic rings. The molecule has 1 unspecified atom stereocenters. The molecular weight excluding hydrogens is 316 g/mol. The van der Waals surface area contributed by atoms with E-state index in [-0.39, 0.29) is 18.4 Å². The average molecular weight is 340 g/mol. The highest BCUT2D eigenvalue weighted by Gasteiger charge is 2.12. The molecule has 2 rings (SSSR count). The zero-order chi connectivity index (χ0) is 18.2. The van der Waals surface area contributed by atoms with Crippen LogP contribution in [0.15, 0.2) is 48.5 Å². The molecule has 0 heterocycles. The molecule has 1 atom stereocenters. The predicted octanol–water partition coefficient (Wildman–Crippen LogP) is 3.58. The van der Waals surface area contributed by atoms with E-state index < -0.39 is 0 Å². The van der Waals surface area contributed by atoms with Gasteiger partial charge in [0.15, 0.2) is 6.61 Å². The largest absolute Gasteiger partial charge is 0.483 e. The molecule has 0 aromatic heterocycles. The third-order valence-electron chi connectivity index (χ3n) is 4.06. The number of hydrogen-bond acceptors (Lipinski definition) is 3. The van der Waals surface area contributed by atoms with Crippen LogP contribution in [0.1, 0.15) is 42.1 Å². The van der Waals surface area contributed by atoms with Crippen molar-refractivity contribution in [3.05, 3.63) is 59.7 Å². The molecule has 0 spiro atoms. The summed E-state index contributed by atoms with van der Waals surface area (Å²) in [6.07, 6.45) is 0.999. The molecule has 0 bridgehead atoms. The fourth-order valence-corrected chi connectivity index (χ4v) is 2.46. The van der Waals surface area contributed by atoms with Crippen molar-refractivity contribution in [2.75, 3.05) is 19.0 Å². The van der Waals surface area contributed by atoms with Gasteiger partial charge in [-0.3, -0.25) is 9.59 Å². The van der Waals surface area contributed by atoms with Gasteiger partial charge in [0.1, 0.15) is 5.75 Å². The van der Waals surface area contributed by atoms with Gasteiger partial charge >= 0.3 is 0 Å². The molecule has 25 heavy (non-hydrogen) atoms. The highest BCUT2D eigenvalue weighted by Crippen LogP contribution is 2.28. The molecule has 132 valence electrons. The van der Waals surface area contributed by atoms with E-state index >= 15 is 0 Å². The Morgan fingerprint density at radius 1 is 1.12 bits per heavy atom.